The first-order valence-corrected chi connectivity index (χ1v) is 30.3. The van der Waals surface area contributed by atoms with Crippen LogP contribution in [0.5, 0.6) is 0 Å². The second-order valence-electron chi connectivity index (χ2n) is 26.2. The van der Waals surface area contributed by atoms with Gasteiger partial charge >= 0.3 is 14.4 Å². The number of fused-ring (bicyclic) bond motifs is 28. The molecular formula is C77H66B2O7. The highest BCUT2D eigenvalue weighted by molar-refractivity contribution is 6.65. The summed E-state index contributed by atoms with van der Waals surface area (Å²) in [6.45, 7) is 20.3. The molecule has 4 aliphatic carbocycles. The summed E-state index contributed by atoms with van der Waals surface area (Å²) in [5.74, 6) is 0. The summed E-state index contributed by atoms with van der Waals surface area (Å²) >= 11 is 0. The van der Waals surface area contributed by atoms with Gasteiger partial charge in [0.25, 0.3) is 0 Å². The molecule has 0 radical (unpaired) electrons. The lowest BCUT2D eigenvalue weighted by Crippen LogP contribution is -2.41. The van der Waals surface area contributed by atoms with Crippen molar-refractivity contribution in [3.63, 3.8) is 0 Å². The Labute approximate surface area is 503 Å². The smallest absolute Gasteiger partial charge is 0.456 e. The average Bonchev–Trinajstić information content (AvgIpc) is 1.63. The molecule has 18 rings (SSSR count). The van der Waals surface area contributed by atoms with E-state index in [1.807, 2.05) is 47.6 Å². The maximum atomic E-state index is 6.95. The molecule has 9 heteroatoms. The van der Waals surface area contributed by atoms with Crippen LogP contribution in [0.25, 0.3) is 88.4 Å². The molecule has 2 spiro atoms. The van der Waals surface area contributed by atoms with E-state index in [0.29, 0.717) is 0 Å². The molecule has 0 unspecified atom stereocenters. The molecule has 0 amide bonds. The highest BCUT2D eigenvalue weighted by Crippen LogP contribution is 2.66. The summed E-state index contributed by atoms with van der Waals surface area (Å²) < 4.78 is 43.1. The normalized spacial score (nSPS) is 18.1. The van der Waals surface area contributed by atoms with E-state index in [4.69, 9.17) is 32.1 Å². The molecule has 422 valence electrons. The molecule has 2 fully saturated rings. The van der Waals surface area contributed by atoms with Gasteiger partial charge in [-0.15, -0.1) is 0 Å². The van der Waals surface area contributed by atoms with E-state index in [1.54, 1.807) is 0 Å². The standard InChI is InChI=1S/C37H29BO3.C31H18O.C9H19BO3/c1-35(2)36(3,4)41-38(40-35)31-19-11-15-24-25-20-21-30-32(34(25)39-33(24)31)26-14-7-10-18-29(26)37(30)27-16-8-5-12-22(27)23-13-6-9-17-28(23)37;1-5-13-24-19(9-1)20-10-2-6-14-25(20)31(24)26-15-7-3-12-23(26)29-27(31)18-17-22-21-11-4-8-16-28(21)32-30(22)29;1-7(2)11-10-12-8(3,4)9(5,6)13-10/h5-21H,1-4H3;1-18H;7H,1-6H3. The maximum Gasteiger partial charge on any atom is 0.640 e. The Bertz CT molecular complexity index is 4660. The fourth-order valence-electron chi connectivity index (χ4n) is 15.0. The Morgan fingerprint density at radius 2 is 0.663 bits per heavy atom. The monoisotopic (exact) mass is 1120 g/mol. The number of benzene rings is 10. The number of hydrogen-bond donors (Lipinski definition) is 0. The summed E-state index contributed by atoms with van der Waals surface area (Å²) in [7, 11) is -1.02. The van der Waals surface area contributed by atoms with Gasteiger partial charge in [-0.05, 0) is 153 Å². The number of rotatable bonds is 3. The van der Waals surface area contributed by atoms with Gasteiger partial charge in [-0.2, -0.15) is 0 Å². The van der Waals surface area contributed by atoms with E-state index >= 15 is 0 Å². The third-order valence-electron chi connectivity index (χ3n) is 20.3. The SMILES string of the molecule is CC(C)OB1OC(C)(C)C(C)(C)O1.CC1(C)OB(c2cccc3c2oc2c4c(ccc23)C2(c3ccccc3-c3ccccc32)c2ccccc2-4)OC1(C)C.c1ccc2c(c1)-c1ccccc1C21c2ccccc2-c2c1ccc1c2oc2ccccc21. The first-order valence-electron chi connectivity index (χ1n) is 30.3. The molecule has 0 bridgehead atoms. The lowest BCUT2D eigenvalue weighted by molar-refractivity contribution is 0.00578. The van der Waals surface area contributed by atoms with Gasteiger partial charge in [-0.25, -0.2) is 0 Å². The second-order valence-corrected chi connectivity index (χ2v) is 26.2. The number of furan rings is 2. The van der Waals surface area contributed by atoms with Crippen LogP contribution in [-0.4, -0.2) is 42.9 Å². The van der Waals surface area contributed by atoms with E-state index in [0.717, 1.165) is 38.6 Å². The quantitative estimate of drug-likeness (QED) is 0.163. The lowest BCUT2D eigenvalue weighted by Gasteiger charge is -2.32. The zero-order valence-corrected chi connectivity index (χ0v) is 50.3. The van der Waals surface area contributed by atoms with Crippen LogP contribution in [0.1, 0.15) is 114 Å². The van der Waals surface area contributed by atoms with Gasteiger partial charge in [-0.1, -0.05) is 206 Å². The maximum absolute atomic E-state index is 6.95. The Morgan fingerprint density at radius 1 is 0.314 bits per heavy atom. The molecule has 2 aromatic heterocycles. The molecule has 86 heavy (non-hydrogen) atoms. The van der Waals surface area contributed by atoms with Crippen LogP contribution in [0.2, 0.25) is 0 Å². The summed E-state index contributed by atoms with van der Waals surface area (Å²) in [5.41, 5.74) is 23.3. The van der Waals surface area contributed by atoms with Crippen molar-refractivity contribution in [2.24, 2.45) is 0 Å². The van der Waals surface area contributed by atoms with Gasteiger partial charge < -0.3 is 32.1 Å². The fourth-order valence-corrected chi connectivity index (χ4v) is 15.0. The predicted octanol–water partition coefficient (Wildman–Crippen LogP) is 18.2. The van der Waals surface area contributed by atoms with Crippen molar-refractivity contribution in [1.29, 1.82) is 0 Å². The van der Waals surface area contributed by atoms with Crippen LogP contribution in [-0.2, 0) is 34.1 Å². The van der Waals surface area contributed by atoms with Crippen LogP contribution < -0.4 is 5.46 Å². The van der Waals surface area contributed by atoms with Gasteiger partial charge in [0.05, 0.1) is 33.2 Å². The van der Waals surface area contributed by atoms with Crippen molar-refractivity contribution in [3.8, 4) is 44.5 Å². The largest absolute Gasteiger partial charge is 0.640 e. The Balaban J connectivity index is 0.000000118. The summed E-state index contributed by atoms with van der Waals surface area (Å²) in [5, 5.41) is 4.56. The average molecular weight is 1120 g/mol. The topological polar surface area (TPSA) is 72.4 Å². The van der Waals surface area contributed by atoms with Crippen LogP contribution in [0.4, 0.5) is 0 Å². The fraction of sp³-hybridized carbons (Fsp3) is 0.221. The van der Waals surface area contributed by atoms with Gasteiger partial charge in [-0.3, -0.25) is 0 Å². The van der Waals surface area contributed by atoms with Crippen LogP contribution in [0, 0.1) is 0 Å². The second kappa shape index (κ2) is 18.6. The Kier molecular flexibility index (Phi) is 11.5. The highest BCUT2D eigenvalue weighted by atomic mass is 16.8. The van der Waals surface area contributed by atoms with Gasteiger partial charge in [0.2, 0.25) is 0 Å². The Hall–Kier alpha value is -8.27. The van der Waals surface area contributed by atoms with E-state index in [1.165, 1.54) is 99.8 Å². The van der Waals surface area contributed by atoms with Crippen molar-refractivity contribution in [2.75, 3.05) is 0 Å². The molecule has 0 N–H and O–H groups in total. The first-order chi connectivity index (χ1) is 41.5. The van der Waals surface area contributed by atoms with Crippen LogP contribution in [0.3, 0.4) is 0 Å². The molecule has 2 aliphatic heterocycles. The van der Waals surface area contributed by atoms with E-state index in [2.05, 4.69) is 234 Å². The number of hydrogen-bond acceptors (Lipinski definition) is 7. The Morgan fingerprint density at radius 3 is 1.12 bits per heavy atom. The lowest BCUT2D eigenvalue weighted by atomic mass is 9.70. The van der Waals surface area contributed by atoms with Crippen molar-refractivity contribution < 1.29 is 32.1 Å². The number of para-hydroxylation sites is 2. The van der Waals surface area contributed by atoms with Crippen molar-refractivity contribution in [2.45, 2.75) is 109 Å². The summed E-state index contributed by atoms with van der Waals surface area (Å²) in [4.78, 5) is 0. The van der Waals surface area contributed by atoms with Gasteiger partial charge in [0.15, 0.2) is 0 Å². The minimum absolute atomic E-state index is 0.120. The van der Waals surface area contributed by atoms with Gasteiger partial charge in [0.1, 0.15) is 22.3 Å². The minimum Gasteiger partial charge on any atom is -0.456 e. The van der Waals surface area contributed by atoms with Crippen LogP contribution in [0.15, 0.2) is 221 Å². The summed E-state index contributed by atoms with van der Waals surface area (Å²) in [6, 6.07) is 77.2. The molecule has 4 heterocycles. The van der Waals surface area contributed by atoms with E-state index in [-0.39, 0.29) is 28.1 Å². The third kappa shape index (κ3) is 7.18. The van der Waals surface area contributed by atoms with E-state index in [9.17, 15) is 0 Å². The molecule has 0 atom stereocenters. The first kappa shape index (κ1) is 53.2. The molecule has 0 saturated carbocycles. The highest BCUT2D eigenvalue weighted by Gasteiger charge is 2.56. The van der Waals surface area contributed by atoms with Crippen LogP contribution >= 0.6 is 0 Å². The van der Waals surface area contributed by atoms with Crippen molar-refractivity contribution in [1.82, 2.24) is 0 Å². The summed E-state index contributed by atoms with van der Waals surface area (Å²) in [6.07, 6.45) is 0.120. The zero-order chi connectivity index (χ0) is 58.9. The van der Waals surface area contributed by atoms with Crippen molar-refractivity contribution in [3.05, 3.63) is 257 Å². The zero-order valence-electron chi connectivity index (χ0n) is 50.3. The van der Waals surface area contributed by atoms with Gasteiger partial charge in [0, 0.05) is 44.2 Å². The predicted molar refractivity (Wildman–Crippen MR) is 348 cm³/mol. The molecule has 12 aromatic rings. The molecule has 10 aromatic carbocycles. The third-order valence-corrected chi connectivity index (χ3v) is 20.3. The molecular weight excluding hydrogens is 1060 g/mol. The molecule has 2 saturated heterocycles. The minimum atomic E-state index is -0.523. The molecule has 7 nitrogen and oxygen atoms in total. The molecule has 6 aliphatic rings. The van der Waals surface area contributed by atoms with E-state index < -0.39 is 25.6 Å². The van der Waals surface area contributed by atoms with Crippen molar-refractivity contribution >= 4 is 63.8 Å².